The first kappa shape index (κ1) is 12.3. The molecular formula is C10H15N5S2. The van der Waals surface area contributed by atoms with Gasteiger partial charge >= 0.3 is 0 Å². The van der Waals surface area contributed by atoms with E-state index in [-0.39, 0.29) is 0 Å². The lowest BCUT2D eigenvalue weighted by atomic mass is 10.4. The van der Waals surface area contributed by atoms with Crippen LogP contribution in [-0.4, -0.2) is 26.7 Å². The zero-order valence-corrected chi connectivity index (χ0v) is 11.2. The van der Waals surface area contributed by atoms with Crippen LogP contribution in [0.15, 0.2) is 23.6 Å². The first-order valence-electron chi connectivity index (χ1n) is 5.30. The van der Waals surface area contributed by atoms with Gasteiger partial charge in [0.25, 0.3) is 0 Å². The summed E-state index contributed by atoms with van der Waals surface area (Å²) in [6.45, 7) is 1.88. The fourth-order valence-electron chi connectivity index (χ4n) is 1.49. The summed E-state index contributed by atoms with van der Waals surface area (Å²) < 4.78 is 6.20. The van der Waals surface area contributed by atoms with Crippen molar-refractivity contribution in [1.29, 1.82) is 0 Å². The molecule has 0 aromatic carbocycles. The number of imidazole rings is 1. The Labute approximate surface area is 109 Å². The van der Waals surface area contributed by atoms with Gasteiger partial charge in [0, 0.05) is 25.5 Å². The quantitative estimate of drug-likeness (QED) is 0.621. The summed E-state index contributed by atoms with van der Waals surface area (Å²) in [5, 5.41) is 4.44. The maximum absolute atomic E-state index is 5.76. The fourth-order valence-corrected chi connectivity index (χ4v) is 3.05. The van der Waals surface area contributed by atoms with Crippen molar-refractivity contribution < 1.29 is 0 Å². The van der Waals surface area contributed by atoms with Gasteiger partial charge in [0.05, 0.1) is 11.2 Å². The van der Waals surface area contributed by atoms with E-state index in [4.69, 9.17) is 5.73 Å². The van der Waals surface area contributed by atoms with E-state index >= 15 is 0 Å². The summed E-state index contributed by atoms with van der Waals surface area (Å²) in [5.41, 5.74) is 5.76. The van der Waals surface area contributed by atoms with Crippen LogP contribution >= 0.6 is 23.3 Å². The molecule has 0 atom stereocenters. The van der Waals surface area contributed by atoms with Crippen molar-refractivity contribution in [3.05, 3.63) is 18.7 Å². The van der Waals surface area contributed by atoms with Crippen LogP contribution < -0.4 is 11.1 Å². The average Bonchev–Trinajstić information content (AvgIpc) is 2.94. The summed E-state index contributed by atoms with van der Waals surface area (Å²) in [7, 11) is 0. The molecule has 17 heavy (non-hydrogen) atoms. The highest BCUT2D eigenvalue weighted by Gasteiger charge is 2.09. The van der Waals surface area contributed by atoms with Gasteiger partial charge in [-0.15, -0.1) is 11.8 Å². The van der Waals surface area contributed by atoms with E-state index in [0.717, 1.165) is 29.4 Å². The molecule has 0 radical (unpaired) electrons. The molecule has 0 saturated carbocycles. The van der Waals surface area contributed by atoms with Crippen molar-refractivity contribution in [2.24, 2.45) is 0 Å². The Kier molecular flexibility index (Phi) is 4.27. The summed E-state index contributed by atoms with van der Waals surface area (Å²) in [6, 6.07) is 0. The van der Waals surface area contributed by atoms with Crippen molar-refractivity contribution >= 4 is 34.1 Å². The van der Waals surface area contributed by atoms with E-state index in [2.05, 4.69) is 19.2 Å². The number of nitrogen functional groups attached to an aromatic ring is 1. The van der Waals surface area contributed by atoms with E-state index < -0.39 is 0 Å². The van der Waals surface area contributed by atoms with E-state index in [0.29, 0.717) is 5.82 Å². The van der Waals surface area contributed by atoms with Crippen LogP contribution in [-0.2, 0) is 6.54 Å². The normalized spacial score (nSPS) is 10.6. The van der Waals surface area contributed by atoms with Gasteiger partial charge in [-0.25, -0.2) is 4.98 Å². The molecule has 0 unspecified atom stereocenters. The number of aromatic nitrogens is 3. The van der Waals surface area contributed by atoms with Crippen LogP contribution in [0.2, 0.25) is 0 Å². The van der Waals surface area contributed by atoms with Gasteiger partial charge in [-0.3, -0.25) is 0 Å². The Morgan fingerprint density at radius 3 is 3.18 bits per heavy atom. The van der Waals surface area contributed by atoms with Crippen LogP contribution in [0.3, 0.4) is 0 Å². The minimum atomic E-state index is 0.625. The monoisotopic (exact) mass is 269 g/mol. The van der Waals surface area contributed by atoms with Crippen molar-refractivity contribution in [2.75, 3.05) is 23.9 Å². The molecular weight excluding hydrogens is 254 g/mol. The number of thioether (sulfide) groups is 1. The van der Waals surface area contributed by atoms with Crippen molar-refractivity contribution in [1.82, 2.24) is 13.9 Å². The summed E-state index contributed by atoms with van der Waals surface area (Å²) in [6.07, 6.45) is 8.65. The third kappa shape index (κ3) is 3.13. The molecule has 7 heteroatoms. The number of nitrogens with one attached hydrogen (secondary N) is 1. The molecule has 0 aliphatic rings. The topological polar surface area (TPSA) is 68.8 Å². The van der Waals surface area contributed by atoms with Crippen LogP contribution in [0.5, 0.6) is 0 Å². The molecule has 0 saturated heterocycles. The molecule has 2 rings (SSSR count). The average molecular weight is 269 g/mol. The highest BCUT2D eigenvalue weighted by Crippen LogP contribution is 2.34. The standard InChI is InChI=1S/C10H15N5S2/c1-16-8-9(11)14-17-10(8)13-3-2-5-15-6-4-12-7-15/h4,6-7,13H,2-3,5H2,1H3,(H2,11,14). The first-order valence-corrected chi connectivity index (χ1v) is 7.30. The van der Waals surface area contributed by atoms with E-state index in [1.54, 1.807) is 18.0 Å². The van der Waals surface area contributed by atoms with E-state index in [1.807, 2.05) is 18.8 Å². The molecule has 0 aliphatic heterocycles. The lowest BCUT2D eigenvalue weighted by Crippen LogP contribution is -2.05. The second-order valence-corrected chi connectivity index (χ2v) is 5.10. The highest BCUT2D eigenvalue weighted by atomic mass is 32.2. The first-order chi connectivity index (χ1) is 8.31. The Balaban J connectivity index is 1.78. The van der Waals surface area contributed by atoms with Crippen molar-refractivity contribution in [3.63, 3.8) is 0 Å². The van der Waals surface area contributed by atoms with Gasteiger partial charge in [0.2, 0.25) is 0 Å². The minimum absolute atomic E-state index is 0.625. The number of anilines is 2. The van der Waals surface area contributed by atoms with Gasteiger partial charge in [0.15, 0.2) is 5.82 Å². The Morgan fingerprint density at radius 1 is 1.59 bits per heavy atom. The Morgan fingerprint density at radius 2 is 2.47 bits per heavy atom. The number of hydrogen-bond donors (Lipinski definition) is 2. The predicted molar refractivity (Wildman–Crippen MR) is 73.6 cm³/mol. The van der Waals surface area contributed by atoms with Gasteiger partial charge in [-0.1, -0.05) is 0 Å². The molecule has 0 spiro atoms. The van der Waals surface area contributed by atoms with Crippen molar-refractivity contribution in [3.8, 4) is 0 Å². The maximum Gasteiger partial charge on any atom is 0.153 e. The number of nitrogens with zero attached hydrogens (tertiary/aromatic N) is 3. The van der Waals surface area contributed by atoms with Gasteiger partial charge in [-0.2, -0.15) is 4.37 Å². The van der Waals surface area contributed by atoms with Crippen LogP contribution in [0.1, 0.15) is 6.42 Å². The Bertz CT molecular complexity index is 451. The fraction of sp³-hybridized carbons (Fsp3) is 0.400. The van der Waals surface area contributed by atoms with Crippen LogP contribution in [0.4, 0.5) is 10.8 Å². The summed E-state index contributed by atoms with van der Waals surface area (Å²) in [4.78, 5) is 5.06. The molecule has 0 amide bonds. The number of rotatable bonds is 6. The lowest BCUT2D eigenvalue weighted by Gasteiger charge is -2.05. The molecule has 2 heterocycles. The highest BCUT2D eigenvalue weighted by molar-refractivity contribution is 7.99. The molecule has 0 fully saturated rings. The number of aryl methyl sites for hydroxylation is 1. The maximum atomic E-state index is 5.76. The summed E-state index contributed by atoms with van der Waals surface area (Å²) >= 11 is 3.05. The zero-order valence-electron chi connectivity index (χ0n) is 9.59. The molecule has 2 aromatic rings. The van der Waals surface area contributed by atoms with Gasteiger partial charge in [-0.05, 0) is 24.2 Å². The van der Waals surface area contributed by atoms with Gasteiger partial charge < -0.3 is 15.6 Å². The molecule has 2 aromatic heterocycles. The molecule has 92 valence electrons. The largest absolute Gasteiger partial charge is 0.382 e. The summed E-state index contributed by atoms with van der Waals surface area (Å²) in [5.74, 6) is 0.625. The SMILES string of the molecule is CSc1c(N)nsc1NCCCn1ccnc1. The minimum Gasteiger partial charge on any atom is -0.382 e. The van der Waals surface area contributed by atoms with Crippen molar-refractivity contribution in [2.45, 2.75) is 17.9 Å². The van der Waals surface area contributed by atoms with E-state index in [1.165, 1.54) is 11.5 Å². The van der Waals surface area contributed by atoms with Crippen LogP contribution in [0, 0.1) is 0 Å². The second-order valence-electron chi connectivity index (χ2n) is 3.51. The van der Waals surface area contributed by atoms with Crippen LogP contribution in [0.25, 0.3) is 0 Å². The molecule has 3 N–H and O–H groups in total. The molecule has 0 bridgehead atoms. The number of nitrogens with two attached hydrogens (primary N) is 1. The van der Waals surface area contributed by atoms with E-state index in [9.17, 15) is 0 Å². The second kappa shape index (κ2) is 5.92. The Hall–Kier alpha value is -1.21. The number of hydrogen-bond acceptors (Lipinski definition) is 6. The lowest BCUT2D eigenvalue weighted by molar-refractivity contribution is 0.661. The zero-order chi connectivity index (χ0) is 12.1. The van der Waals surface area contributed by atoms with Gasteiger partial charge in [0.1, 0.15) is 5.00 Å². The third-order valence-corrected chi connectivity index (χ3v) is 4.09. The smallest absolute Gasteiger partial charge is 0.153 e. The third-order valence-electron chi connectivity index (χ3n) is 2.32. The molecule has 5 nitrogen and oxygen atoms in total. The predicted octanol–water partition coefficient (Wildman–Crippen LogP) is 2.15. The molecule has 0 aliphatic carbocycles.